The Kier molecular flexibility index (Phi) is 7.58. The van der Waals surface area contributed by atoms with Crippen molar-refractivity contribution < 1.29 is 4.74 Å². The molecule has 3 heterocycles. The molecule has 3 aromatic rings. The van der Waals surface area contributed by atoms with Gasteiger partial charge < -0.3 is 9.72 Å². The van der Waals surface area contributed by atoms with Crippen LogP contribution in [0.4, 0.5) is 0 Å². The summed E-state index contributed by atoms with van der Waals surface area (Å²) in [5, 5.41) is 14.1. The van der Waals surface area contributed by atoms with Gasteiger partial charge in [-0.3, -0.25) is 9.69 Å². The van der Waals surface area contributed by atoms with E-state index >= 15 is 0 Å². The number of hydrogen-bond donors (Lipinski definition) is 1. The van der Waals surface area contributed by atoms with Crippen LogP contribution in [-0.2, 0) is 17.8 Å². The zero-order chi connectivity index (χ0) is 24.2. The van der Waals surface area contributed by atoms with Crippen molar-refractivity contribution in [3.05, 3.63) is 51.6 Å². The fourth-order valence-electron chi connectivity index (χ4n) is 5.93. The van der Waals surface area contributed by atoms with Crippen LogP contribution in [0.15, 0.2) is 29.1 Å². The lowest BCUT2D eigenvalue weighted by Crippen LogP contribution is -2.41. The summed E-state index contributed by atoms with van der Waals surface area (Å²) < 4.78 is 7.84. The molecule has 2 aliphatic rings. The van der Waals surface area contributed by atoms with Gasteiger partial charge in [-0.25, -0.2) is 4.68 Å². The number of fused-ring (bicyclic) bond motifs is 1. The highest BCUT2D eigenvalue weighted by Crippen LogP contribution is 2.34. The number of aryl methyl sites for hydroxylation is 1. The molecule has 1 saturated carbocycles. The summed E-state index contributed by atoms with van der Waals surface area (Å²) in [5.74, 6) is 0.904. The number of rotatable bonds is 9. The first-order chi connectivity index (χ1) is 17.1. The van der Waals surface area contributed by atoms with Gasteiger partial charge in [-0.15, -0.1) is 5.10 Å². The van der Waals surface area contributed by atoms with Crippen molar-refractivity contribution in [2.75, 3.05) is 6.61 Å². The van der Waals surface area contributed by atoms with Gasteiger partial charge in [0.1, 0.15) is 0 Å². The number of aromatic nitrogens is 5. The Morgan fingerprint density at radius 2 is 2.06 bits per heavy atom. The number of para-hydroxylation sites is 1. The molecule has 5 rings (SSSR count). The van der Waals surface area contributed by atoms with E-state index in [0.29, 0.717) is 19.1 Å². The maximum atomic E-state index is 13.2. The Morgan fingerprint density at radius 1 is 1.20 bits per heavy atom. The number of hydrogen-bond acceptors (Lipinski definition) is 6. The number of pyridine rings is 1. The summed E-state index contributed by atoms with van der Waals surface area (Å²) in [6.07, 6.45) is 10.3. The highest BCUT2D eigenvalue weighted by molar-refractivity contribution is 5.81. The average Bonchev–Trinajstić information content (AvgIpc) is 3.55. The predicted octanol–water partition coefficient (Wildman–Crippen LogP) is 4.68. The lowest BCUT2D eigenvalue weighted by atomic mass is 9.91. The van der Waals surface area contributed by atoms with Gasteiger partial charge in [-0.05, 0) is 66.5 Å². The zero-order valence-corrected chi connectivity index (χ0v) is 21.1. The van der Waals surface area contributed by atoms with E-state index in [1.54, 1.807) is 0 Å². The Bertz CT molecular complexity index is 1180. The van der Waals surface area contributed by atoms with Crippen molar-refractivity contribution >= 4 is 10.9 Å². The standard InChI is InChI=1S/C27H38N6O2/c1-3-9-24(26-29-30-31-33(26)18-23-14-8-15-35-23)32(22-12-5-4-6-13-22)17-21-16-20-11-7-10-19(2)25(20)28-27(21)34/h7,10-11,16,22-24H,3-6,8-9,12-15,17-18H2,1-2H3,(H,28,34)/t23-,24+/m0/s1. The van der Waals surface area contributed by atoms with E-state index < -0.39 is 0 Å². The van der Waals surface area contributed by atoms with Gasteiger partial charge in [0.05, 0.1) is 24.2 Å². The normalized spacial score (nSPS) is 20.1. The van der Waals surface area contributed by atoms with Crippen LogP contribution >= 0.6 is 0 Å². The van der Waals surface area contributed by atoms with E-state index in [-0.39, 0.29) is 17.7 Å². The first kappa shape index (κ1) is 24.1. The molecule has 1 aromatic carbocycles. The molecule has 35 heavy (non-hydrogen) atoms. The Morgan fingerprint density at radius 3 is 2.83 bits per heavy atom. The highest BCUT2D eigenvalue weighted by Gasteiger charge is 2.33. The van der Waals surface area contributed by atoms with E-state index in [2.05, 4.69) is 50.5 Å². The molecule has 1 saturated heterocycles. The van der Waals surface area contributed by atoms with E-state index in [1.165, 1.54) is 19.3 Å². The van der Waals surface area contributed by atoms with Crippen LogP contribution in [0.2, 0.25) is 0 Å². The minimum Gasteiger partial charge on any atom is -0.376 e. The number of benzene rings is 1. The molecule has 1 aliphatic heterocycles. The van der Waals surface area contributed by atoms with E-state index in [4.69, 9.17) is 4.74 Å². The predicted molar refractivity (Wildman–Crippen MR) is 136 cm³/mol. The number of nitrogens with zero attached hydrogens (tertiary/aromatic N) is 5. The smallest absolute Gasteiger partial charge is 0.252 e. The van der Waals surface area contributed by atoms with Gasteiger partial charge >= 0.3 is 0 Å². The van der Waals surface area contributed by atoms with Crippen LogP contribution in [-0.4, -0.2) is 48.8 Å². The molecule has 0 unspecified atom stereocenters. The minimum atomic E-state index is 0.00167. The van der Waals surface area contributed by atoms with Crippen LogP contribution in [0.5, 0.6) is 0 Å². The van der Waals surface area contributed by atoms with Crippen LogP contribution in [0.1, 0.15) is 87.7 Å². The van der Waals surface area contributed by atoms with Crippen molar-refractivity contribution in [3.63, 3.8) is 0 Å². The fraction of sp³-hybridized carbons (Fsp3) is 0.630. The molecule has 0 bridgehead atoms. The molecule has 8 nitrogen and oxygen atoms in total. The summed E-state index contributed by atoms with van der Waals surface area (Å²) in [5.41, 5.74) is 2.83. The second kappa shape index (κ2) is 11.0. The third kappa shape index (κ3) is 5.33. The number of H-pyrrole nitrogens is 1. The molecule has 0 spiro atoms. The number of nitrogens with one attached hydrogen (secondary N) is 1. The molecule has 0 radical (unpaired) electrons. The molecule has 1 aliphatic carbocycles. The summed E-state index contributed by atoms with van der Waals surface area (Å²) in [4.78, 5) is 18.9. The monoisotopic (exact) mass is 478 g/mol. The molecule has 1 N–H and O–H groups in total. The lowest BCUT2D eigenvalue weighted by Gasteiger charge is -2.39. The Labute approximate surface area is 207 Å². The van der Waals surface area contributed by atoms with Crippen molar-refractivity contribution in [2.45, 2.75) is 103 Å². The number of aromatic amines is 1. The van der Waals surface area contributed by atoms with Crippen molar-refractivity contribution in [3.8, 4) is 0 Å². The lowest BCUT2D eigenvalue weighted by molar-refractivity contribution is 0.0713. The van der Waals surface area contributed by atoms with E-state index in [9.17, 15) is 4.79 Å². The van der Waals surface area contributed by atoms with Gasteiger partial charge in [0.25, 0.3) is 5.56 Å². The third-order valence-electron chi connectivity index (χ3n) is 7.78. The van der Waals surface area contributed by atoms with Gasteiger partial charge in [-0.1, -0.05) is 50.8 Å². The van der Waals surface area contributed by atoms with Crippen LogP contribution in [0.25, 0.3) is 10.9 Å². The minimum absolute atomic E-state index is 0.00167. The fourth-order valence-corrected chi connectivity index (χ4v) is 5.93. The molecule has 2 atom stereocenters. The molecular formula is C27H38N6O2. The second-order valence-corrected chi connectivity index (χ2v) is 10.3. The first-order valence-corrected chi connectivity index (χ1v) is 13.4. The Hall–Kier alpha value is -2.58. The van der Waals surface area contributed by atoms with Crippen LogP contribution < -0.4 is 5.56 Å². The van der Waals surface area contributed by atoms with Crippen LogP contribution in [0.3, 0.4) is 0 Å². The summed E-state index contributed by atoms with van der Waals surface area (Å²) in [6, 6.07) is 8.73. The highest BCUT2D eigenvalue weighted by atomic mass is 16.5. The molecule has 0 amide bonds. The topological polar surface area (TPSA) is 88.9 Å². The Balaban J connectivity index is 1.50. The quantitative estimate of drug-likeness (QED) is 0.480. The molecule has 8 heteroatoms. The molecule has 188 valence electrons. The van der Waals surface area contributed by atoms with E-state index in [0.717, 1.165) is 73.0 Å². The van der Waals surface area contributed by atoms with E-state index in [1.807, 2.05) is 17.7 Å². The largest absolute Gasteiger partial charge is 0.376 e. The average molecular weight is 479 g/mol. The molecule has 2 fully saturated rings. The second-order valence-electron chi connectivity index (χ2n) is 10.3. The van der Waals surface area contributed by atoms with Crippen molar-refractivity contribution in [1.82, 2.24) is 30.1 Å². The first-order valence-electron chi connectivity index (χ1n) is 13.4. The maximum absolute atomic E-state index is 13.2. The molecule has 2 aromatic heterocycles. The van der Waals surface area contributed by atoms with Gasteiger partial charge in [-0.2, -0.15) is 0 Å². The van der Waals surface area contributed by atoms with Gasteiger partial charge in [0, 0.05) is 24.8 Å². The molecular weight excluding hydrogens is 440 g/mol. The van der Waals surface area contributed by atoms with Crippen LogP contribution in [0, 0.1) is 6.92 Å². The maximum Gasteiger partial charge on any atom is 0.252 e. The zero-order valence-electron chi connectivity index (χ0n) is 21.1. The van der Waals surface area contributed by atoms with Crippen molar-refractivity contribution in [2.24, 2.45) is 0 Å². The van der Waals surface area contributed by atoms with Gasteiger partial charge in [0.2, 0.25) is 0 Å². The number of ether oxygens (including phenoxy) is 1. The number of tetrazole rings is 1. The SMILES string of the molecule is CCC[C@H](c1nnnn1C[C@@H]1CCCO1)N(Cc1cc2cccc(C)c2[nH]c1=O)C1CCCCC1. The van der Waals surface area contributed by atoms with Gasteiger partial charge in [0.15, 0.2) is 5.82 Å². The summed E-state index contributed by atoms with van der Waals surface area (Å²) >= 11 is 0. The summed E-state index contributed by atoms with van der Waals surface area (Å²) in [6.45, 7) is 6.36. The van der Waals surface area contributed by atoms with Crippen molar-refractivity contribution in [1.29, 1.82) is 0 Å². The third-order valence-corrected chi connectivity index (χ3v) is 7.78. The summed E-state index contributed by atoms with van der Waals surface area (Å²) in [7, 11) is 0.